The Morgan fingerprint density at radius 1 is 1.32 bits per heavy atom. The Morgan fingerprint density at radius 2 is 2.18 bits per heavy atom. The van der Waals surface area contributed by atoms with E-state index in [1.807, 2.05) is 30.3 Å². The van der Waals surface area contributed by atoms with Crippen molar-refractivity contribution in [2.75, 3.05) is 20.2 Å². The van der Waals surface area contributed by atoms with Crippen LogP contribution in [0.15, 0.2) is 47.1 Å². The molecule has 1 aliphatic rings. The SMILES string of the molecule is CN(Cc1ccco1)C(=O)NCC1COc2ccccc2C1. The van der Waals surface area contributed by atoms with Crippen molar-refractivity contribution in [3.63, 3.8) is 0 Å². The Labute approximate surface area is 129 Å². The summed E-state index contributed by atoms with van der Waals surface area (Å²) in [6.07, 6.45) is 2.54. The fraction of sp³-hybridized carbons (Fsp3) is 0.353. The van der Waals surface area contributed by atoms with Gasteiger partial charge >= 0.3 is 6.03 Å². The van der Waals surface area contributed by atoms with E-state index in [0.717, 1.165) is 17.9 Å². The zero-order chi connectivity index (χ0) is 15.4. The average Bonchev–Trinajstić information content (AvgIpc) is 3.05. The highest BCUT2D eigenvalue weighted by atomic mass is 16.5. The summed E-state index contributed by atoms with van der Waals surface area (Å²) in [4.78, 5) is 13.7. The molecule has 1 aromatic heterocycles. The molecule has 1 atom stereocenters. The molecule has 0 bridgehead atoms. The summed E-state index contributed by atoms with van der Waals surface area (Å²) in [7, 11) is 1.75. The molecule has 1 aromatic carbocycles. The highest BCUT2D eigenvalue weighted by Crippen LogP contribution is 2.26. The molecule has 1 unspecified atom stereocenters. The first kappa shape index (κ1) is 14.5. The molecule has 0 saturated heterocycles. The third-order valence-corrected chi connectivity index (χ3v) is 3.82. The molecule has 0 aliphatic carbocycles. The number of furan rings is 1. The highest BCUT2D eigenvalue weighted by molar-refractivity contribution is 5.73. The molecular formula is C17H20N2O3. The minimum absolute atomic E-state index is 0.102. The maximum Gasteiger partial charge on any atom is 0.317 e. The Bertz CT molecular complexity index is 625. The third kappa shape index (κ3) is 3.42. The molecular weight excluding hydrogens is 280 g/mol. The average molecular weight is 300 g/mol. The van der Waals surface area contributed by atoms with E-state index in [2.05, 4.69) is 11.4 Å². The number of ether oxygens (including phenoxy) is 1. The van der Waals surface area contributed by atoms with Crippen LogP contribution in [0, 0.1) is 5.92 Å². The molecule has 3 rings (SSSR count). The summed E-state index contributed by atoms with van der Waals surface area (Å²) in [5.41, 5.74) is 1.21. The topological polar surface area (TPSA) is 54.7 Å². The zero-order valence-corrected chi connectivity index (χ0v) is 12.6. The number of carbonyl (C=O) groups excluding carboxylic acids is 1. The number of carbonyl (C=O) groups is 1. The Morgan fingerprint density at radius 3 is 3.00 bits per heavy atom. The van der Waals surface area contributed by atoms with Crippen LogP contribution in [0.5, 0.6) is 5.75 Å². The van der Waals surface area contributed by atoms with Crippen LogP contribution in [0.3, 0.4) is 0 Å². The van der Waals surface area contributed by atoms with Crippen molar-refractivity contribution in [2.24, 2.45) is 5.92 Å². The van der Waals surface area contributed by atoms with E-state index in [0.29, 0.717) is 25.6 Å². The van der Waals surface area contributed by atoms with Crippen molar-refractivity contribution in [3.05, 3.63) is 54.0 Å². The molecule has 0 saturated carbocycles. The Balaban J connectivity index is 1.47. The first-order valence-corrected chi connectivity index (χ1v) is 7.44. The lowest BCUT2D eigenvalue weighted by molar-refractivity contribution is 0.190. The van der Waals surface area contributed by atoms with E-state index in [1.54, 1.807) is 18.2 Å². The number of fused-ring (bicyclic) bond motifs is 1. The van der Waals surface area contributed by atoms with Gasteiger partial charge in [0.2, 0.25) is 0 Å². The molecule has 1 N–H and O–H groups in total. The van der Waals surface area contributed by atoms with E-state index >= 15 is 0 Å². The lowest BCUT2D eigenvalue weighted by Gasteiger charge is -2.26. The second kappa shape index (κ2) is 6.56. The van der Waals surface area contributed by atoms with E-state index in [4.69, 9.17) is 9.15 Å². The van der Waals surface area contributed by atoms with Gasteiger partial charge in [0.1, 0.15) is 11.5 Å². The molecule has 0 fully saturated rings. The molecule has 22 heavy (non-hydrogen) atoms. The second-order valence-corrected chi connectivity index (χ2v) is 5.61. The van der Waals surface area contributed by atoms with Crippen LogP contribution in [0.1, 0.15) is 11.3 Å². The summed E-state index contributed by atoms with van der Waals surface area (Å²) < 4.78 is 11.0. The standard InChI is InChI=1S/C17H20N2O3/c1-19(11-15-6-4-8-21-15)17(20)18-10-13-9-14-5-2-3-7-16(14)22-12-13/h2-8,13H,9-12H2,1H3,(H,18,20). The molecule has 2 heterocycles. The summed E-state index contributed by atoms with van der Waals surface area (Å²) >= 11 is 0. The number of hydrogen-bond donors (Lipinski definition) is 1. The van der Waals surface area contributed by atoms with Crippen LogP contribution in [-0.4, -0.2) is 31.1 Å². The molecule has 116 valence electrons. The minimum Gasteiger partial charge on any atom is -0.493 e. The molecule has 0 spiro atoms. The van der Waals surface area contributed by atoms with E-state index < -0.39 is 0 Å². The number of nitrogens with zero attached hydrogens (tertiary/aromatic N) is 1. The van der Waals surface area contributed by atoms with Crippen molar-refractivity contribution in [2.45, 2.75) is 13.0 Å². The van der Waals surface area contributed by atoms with Gasteiger partial charge in [-0.25, -0.2) is 4.79 Å². The van der Waals surface area contributed by atoms with E-state index in [1.165, 1.54) is 5.56 Å². The third-order valence-electron chi connectivity index (χ3n) is 3.82. The molecule has 2 amide bonds. The van der Waals surface area contributed by atoms with Crippen molar-refractivity contribution in [3.8, 4) is 5.75 Å². The van der Waals surface area contributed by atoms with Gasteiger partial charge in [-0.2, -0.15) is 0 Å². The van der Waals surface area contributed by atoms with Gasteiger partial charge in [-0.3, -0.25) is 0 Å². The number of amides is 2. The van der Waals surface area contributed by atoms with Gasteiger partial charge in [0.15, 0.2) is 0 Å². The predicted molar refractivity (Wildman–Crippen MR) is 82.7 cm³/mol. The van der Waals surface area contributed by atoms with Crippen LogP contribution in [0.4, 0.5) is 4.79 Å². The monoisotopic (exact) mass is 300 g/mol. The van der Waals surface area contributed by atoms with Crippen molar-refractivity contribution in [1.29, 1.82) is 0 Å². The maximum absolute atomic E-state index is 12.1. The van der Waals surface area contributed by atoms with E-state index in [9.17, 15) is 4.79 Å². The molecule has 1 aliphatic heterocycles. The van der Waals surface area contributed by atoms with Gasteiger partial charge in [-0.1, -0.05) is 18.2 Å². The number of nitrogens with one attached hydrogen (secondary N) is 1. The Hall–Kier alpha value is -2.43. The summed E-state index contributed by atoms with van der Waals surface area (Å²) in [6.45, 7) is 1.71. The largest absolute Gasteiger partial charge is 0.493 e. The summed E-state index contributed by atoms with van der Waals surface area (Å²) in [5.74, 6) is 2.03. The fourth-order valence-corrected chi connectivity index (χ4v) is 2.60. The molecule has 2 aromatic rings. The van der Waals surface area contributed by atoms with Crippen molar-refractivity contribution >= 4 is 6.03 Å². The number of para-hydroxylation sites is 1. The normalized spacial score (nSPS) is 16.5. The molecule has 0 radical (unpaired) electrons. The fourth-order valence-electron chi connectivity index (χ4n) is 2.60. The summed E-state index contributed by atoms with van der Waals surface area (Å²) in [6, 6.07) is 11.6. The first-order valence-electron chi connectivity index (χ1n) is 7.44. The van der Waals surface area contributed by atoms with Crippen LogP contribution in [-0.2, 0) is 13.0 Å². The smallest absolute Gasteiger partial charge is 0.317 e. The number of rotatable bonds is 4. The Kier molecular flexibility index (Phi) is 4.32. The van der Waals surface area contributed by atoms with Crippen molar-refractivity contribution < 1.29 is 13.9 Å². The number of hydrogen-bond acceptors (Lipinski definition) is 3. The quantitative estimate of drug-likeness (QED) is 0.944. The van der Waals surface area contributed by atoms with Gasteiger partial charge < -0.3 is 19.4 Å². The first-order chi connectivity index (χ1) is 10.7. The highest BCUT2D eigenvalue weighted by Gasteiger charge is 2.20. The van der Waals surface area contributed by atoms with Crippen LogP contribution >= 0.6 is 0 Å². The van der Waals surface area contributed by atoms with Crippen LogP contribution in [0.25, 0.3) is 0 Å². The maximum atomic E-state index is 12.1. The minimum atomic E-state index is -0.102. The van der Waals surface area contributed by atoms with Gasteiger partial charge in [-0.05, 0) is 30.2 Å². The number of benzene rings is 1. The van der Waals surface area contributed by atoms with E-state index in [-0.39, 0.29) is 6.03 Å². The van der Waals surface area contributed by atoms with Gasteiger partial charge in [0, 0.05) is 19.5 Å². The molecule has 5 nitrogen and oxygen atoms in total. The van der Waals surface area contributed by atoms with Gasteiger partial charge in [0.05, 0.1) is 19.4 Å². The van der Waals surface area contributed by atoms with Gasteiger partial charge in [0.25, 0.3) is 0 Å². The predicted octanol–water partition coefficient (Wildman–Crippen LogP) is 2.67. The van der Waals surface area contributed by atoms with Gasteiger partial charge in [-0.15, -0.1) is 0 Å². The zero-order valence-electron chi connectivity index (χ0n) is 12.6. The van der Waals surface area contributed by atoms with Crippen molar-refractivity contribution in [1.82, 2.24) is 10.2 Å². The number of urea groups is 1. The lowest BCUT2D eigenvalue weighted by atomic mass is 9.97. The lowest BCUT2D eigenvalue weighted by Crippen LogP contribution is -2.41. The van der Waals surface area contributed by atoms with Crippen LogP contribution in [0.2, 0.25) is 0 Å². The molecule has 5 heteroatoms. The second-order valence-electron chi connectivity index (χ2n) is 5.61. The summed E-state index contributed by atoms with van der Waals surface area (Å²) in [5, 5.41) is 2.96. The van der Waals surface area contributed by atoms with Crippen LogP contribution < -0.4 is 10.1 Å².